The van der Waals surface area contributed by atoms with Gasteiger partial charge in [0.05, 0.1) is 22.3 Å². The van der Waals surface area contributed by atoms with Gasteiger partial charge in [-0.3, -0.25) is 14.4 Å². The molecule has 0 aliphatic carbocycles. The van der Waals surface area contributed by atoms with Gasteiger partial charge >= 0.3 is 0 Å². The van der Waals surface area contributed by atoms with Crippen molar-refractivity contribution in [3.8, 4) is 11.3 Å². The minimum absolute atomic E-state index is 0.0690. The smallest absolute Gasteiger partial charge is 0.289 e. The Bertz CT molecular complexity index is 1610. The van der Waals surface area contributed by atoms with Crippen LogP contribution < -0.4 is 21.8 Å². The van der Waals surface area contributed by atoms with Crippen LogP contribution in [0.15, 0.2) is 52.1 Å². The Balaban J connectivity index is 2.09. The molecule has 0 atom stereocenters. The third-order valence-corrected chi connectivity index (χ3v) is 6.05. The summed E-state index contributed by atoms with van der Waals surface area (Å²) in [6, 6.07) is 10.9. The van der Waals surface area contributed by atoms with Gasteiger partial charge < -0.3 is 15.2 Å². The first-order valence-electron chi connectivity index (χ1n) is 10.6. The van der Waals surface area contributed by atoms with Gasteiger partial charge in [-0.1, -0.05) is 12.1 Å². The molecule has 11 heteroatoms. The average molecular weight is 591 g/mol. The molecule has 2 aromatic carbocycles. The number of anilines is 3. The number of nitrogens with one attached hydrogen (secondary N) is 2. The first-order chi connectivity index (χ1) is 16.6. The summed E-state index contributed by atoms with van der Waals surface area (Å²) in [7, 11) is 1.33. The van der Waals surface area contributed by atoms with E-state index in [2.05, 4.69) is 15.7 Å². The lowest BCUT2D eigenvalue weighted by Crippen LogP contribution is -2.30. The summed E-state index contributed by atoms with van der Waals surface area (Å²) < 4.78 is 32.7. The maximum Gasteiger partial charge on any atom is 0.289 e. The molecule has 2 heterocycles. The fourth-order valence-electron chi connectivity index (χ4n) is 3.78. The summed E-state index contributed by atoms with van der Waals surface area (Å²) in [4.78, 5) is 37.7. The van der Waals surface area contributed by atoms with Gasteiger partial charge in [-0.2, -0.15) is 9.49 Å². The number of halogens is 3. The minimum Gasteiger partial charge on any atom is -0.350 e. The first-order valence-corrected chi connectivity index (χ1v) is 11.6. The van der Waals surface area contributed by atoms with Crippen molar-refractivity contribution in [3.63, 3.8) is 0 Å². The molecule has 2 N–H and O–H groups in total. The number of nitrogens with zero attached hydrogens (tertiary/aromatic N) is 3. The number of hydrogen-bond acceptors (Lipinski definition) is 5. The highest BCUT2D eigenvalue weighted by Gasteiger charge is 2.24. The zero-order chi connectivity index (χ0) is 25.4. The van der Waals surface area contributed by atoms with Gasteiger partial charge in [0.25, 0.3) is 11.1 Å². The lowest BCUT2D eigenvalue weighted by Gasteiger charge is -2.18. The molecule has 4 rings (SSSR count). The third kappa shape index (κ3) is 4.55. The summed E-state index contributed by atoms with van der Waals surface area (Å²) >= 11 is 1.94. The van der Waals surface area contributed by atoms with Gasteiger partial charge in [-0.15, -0.1) is 0 Å². The second-order valence-corrected chi connectivity index (χ2v) is 9.00. The predicted molar refractivity (Wildman–Crippen MR) is 139 cm³/mol. The maximum atomic E-state index is 15.3. The number of hydrogen-bond donors (Lipinski definition) is 2. The Labute approximate surface area is 211 Å². The fourth-order valence-corrected chi connectivity index (χ4v) is 4.23. The zero-order valence-corrected chi connectivity index (χ0v) is 21.1. The highest BCUT2D eigenvalue weighted by molar-refractivity contribution is 14.1. The van der Waals surface area contributed by atoms with Gasteiger partial charge in [0.15, 0.2) is 0 Å². The summed E-state index contributed by atoms with van der Waals surface area (Å²) in [5.74, 6) is -2.17. The average Bonchev–Trinajstić information content (AvgIpc) is 2.81. The van der Waals surface area contributed by atoms with Crippen LogP contribution in [0.25, 0.3) is 22.2 Å². The lowest BCUT2D eigenvalue weighted by molar-refractivity contribution is -0.114. The van der Waals surface area contributed by atoms with Crippen LogP contribution in [0, 0.1) is 15.2 Å². The van der Waals surface area contributed by atoms with E-state index in [1.165, 1.54) is 26.1 Å². The number of aromatic nitrogens is 3. The van der Waals surface area contributed by atoms with E-state index in [0.717, 1.165) is 9.25 Å². The summed E-state index contributed by atoms with van der Waals surface area (Å²) in [6.07, 6.45) is 0. The van der Waals surface area contributed by atoms with Crippen LogP contribution in [0.2, 0.25) is 0 Å². The molecular weight excluding hydrogens is 571 g/mol. The van der Waals surface area contributed by atoms with Crippen molar-refractivity contribution >= 4 is 56.5 Å². The molecule has 0 aliphatic heterocycles. The highest BCUT2D eigenvalue weighted by atomic mass is 127. The van der Waals surface area contributed by atoms with Crippen LogP contribution in [0.5, 0.6) is 0 Å². The lowest BCUT2D eigenvalue weighted by atomic mass is 10.1. The number of carbonyl (C=O) groups is 1. The largest absolute Gasteiger partial charge is 0.350 e. The Hall–Kier alpha value is -3.61. The SMILES string of the molecule is CCn1nc(-c2cccc(NC(C)=O)c2)c2c(c(Nc3ccc(I)cc3F)c(F)c(=O)n2C)c1=O. The van der Waals surface area contributed by atoms with E-state index in [1.54, 1.807) is 37.3 Å². The van der Waals surface area contributed by atoms with E-state index in [-0.39, 0.29) is 34.7 Å². The molecule has 8 nitrogen and oxygen atoms in total. The Morgan fingerprint density at radius 3 is 2.51 bits per heavy atom. The molecule has 0 bridgehead atoms. The highest BCUT2D eigenvalue weighted by Crippen LogP contribution is 2.32. The van der Waals surface area contributed by atoms with Crippen molar-refractivity contribution in [2.24, 2.45) is 7.05 Å². The number of pyridine rings is 1. The first kappa shape index (κ1) is 24.5. The monoisotopic (exact) mass is 591 g/mol. The Morgan fingerprint density at radius 1 is 1.11 bits per heavy atom. The number of rotatable bonds is 5. The normalized spacial score (nSPS) is 11.0. The van der Waals surface area contributed by atoms with Crippen molar-refractivity contribution in [1.82, 2.24) is 14.3 Å². The van der Waals surface area contributed by atoms with E-state index >= 15 is 4.39 Å². The summed E-state index contributed by atoms with van der Waals surface area (Å²) in [5, 5.41) is 9.57. The van der Waals surface area contributed by atoms with Gasteiger partial charge in [0, 0.05) is 35.3 Å². The van der Waals surface area contributed by atoms with Crippen LogP contribution >= 0.6 is 22.6 Å². The maximum absolute atomic E-state index is 15.3. The molecule has 0 unspecified atom stereocenters. The number of aryl methyl sites for hydroxylation is 2. The number of fused-ring (bicyclic) bond motifs is 1. The van der Waals surface area contributed by atoms with Crippen LogP contribution in [0.4, 0.5) is 25.8 Å². The molecule has 1 amide bonds. The topological polar surface area (TPSA) is 98.0 Å². The molecule has 2 aromatic heterocycles. The molecule has 4 aromatic rings. The standard InChI is InChI=1S/C24H20F2IN5O3/c1-4-32-23(34)18-21(29-17-9-8-14(27)11-16(17)25)19(26)24(35)31(3)22(18)20(30-32)13-6-5-7-15(10-13)28-12(2)33/h5-11,29H,4H2,1-3H3,(H,28,33). The van der Waals surface area contributed by atoms with Crippen molar-refractivity contribution in [2.45, 2.75) is 20.4 Å². The molecule has 0 saturated carbocycles. The molecule has 0 radical (unpaired) electrons. The van der Waals surface area contributed by atoms with Crippen molar-refractivity contribution in [3.05, 3.63) is 78.4 Å². The van der Waals surface area contributed by atoms with Crippen LogP contribution in [0.1, 0.15) is 13.8 Å². The molecule has 35 heavy (non-hydrogen) atoms. The predicted octanol–water partition coefficient (Wildman–Crippen LogP) is 4.37. The van der Waals surface area contributed by atoms with E-state index in [4.69, 9.17) is 0 Å². The van der Waals surface area contributed by atoms with Gasteiger partial charge in [-0.25, -0.2) is 9.07 Å². The number of benzene rings is 2. The van der Waals surface area contributed by atoms with Crippen molar-refractivity contribution in [1.29, 1.82) is 0 Å². The van der Waals surface area contributed by atoms with Crippen LogP contribution in [-0.2, 0) is 18.4 Å². The second-order valence-electron chi connectivity index (χ2n) is 7.76. The minimum atomic E-state index is -1.22. The van der Waals surface area contributed by atoms with E-state index in [1.807, 2.05) is 22.6 Å². The summed E-state index contributed by atoms with van der Waals surface area (Å²) in [6.45, 7) is 3.22. The van der Waals surface area contributed by atoms with Crippen LogP contribution in [0.3, 0.4) is 0 Å². The van der Waals surface area contributed by atoms with Gasteiger partial charge in [-0.05, 0) is 59.8 Å². The van der Waals surface area contributed by atoms with Crippen molar-refractivity contribution in [2.75, 3.05) is 10.6 Å². The molecule has 0 saturated heterocycles. The zero-order valence-electron chi connectivity index (χ0n) is 18.9. The third-order valence-electron chi connectivity index (χ3n) is 5.37. The Morgan fingerprint density at radius 2 is 1.86 bits per heavy atom. The van der Waals surface area contributed by atoms with Crippen LogP contribution in [-0.4, -0.2) is 20.3 Å². The fraction of sp³-hybridized carbons (Fsp3) is 0.167. The Kier molecular flexibility index (Phi) is 6.70. The van der Waals surface area contributed by atoms with Crippen molar-refractivity contribution < 1.29 is 13.6 Å². The van der Waals surface area contributed by atoms with Gasteiger partial charge in [0.2, 0.25) is 11.7 Å². The number of amides is 1. The molecule has 180 valence electrons. The summed E-state index contributed by atoms with van der Waals surface area (Å²) in [5.41, 5.74) is -0.932. The molecule has 0 spiro atoms. The van der Waals surface area contributed by atoms with E-state index in [9.17, 15) is 18.8 Å². The number of carbonyl (C=O) groups excluding carboxylic acids is 1. The molecule has 0 fully saturated rings. The van der Waals surface area contributed by atoms with E-state index in [0.29, 0.717) is 14.8 Å². The van der Waals surface area contributed by atoms with E-state index < -0.39 is 28.4 Å². The molecular formula is C24H20F2IN5O3. The van der Waals surface area contributed by atoms with Gasteiger partial charge in [0.1, 0.15) is 11.5 Å². The second kappa shape index (κ2) is 9.56. The molecule has 0 aliphatic rings. The quantitative estimate of drug-likeness (QED) is 0.336.